The molecule has 1 aliphatic heterocycles. The molecule has 1 unspecified atom stereocenters. The summed E-state index contributed by atoms with van der Waals surface area (Å²) in [5, 5.41) is -0.325. The zero-order valence-corrected chi connectivity index (χ0v) is 12.7. The Hall–Kier alpha value is -1.81. The van der Waals surface area contributed by atoms with Crippen LogP contribution in [0.3, 0.4) is 0 Å². The lowest BCUT2D eigenvalue weighted by molar-refractivity contribution is 0.539. The van der Waals surface area contributed by atoms with Crippen molar-refractivity contribution in [3.05, 3.63) is 66.2 Å². The van der Waals surface area contributed by atoms with E-state index in [0.29, 0.717) is 13.0 Å². The SMILES string of the molecule is O=S1(=O)C(Cc2ccccc2)CCCN1c1ccccc1. The Balaban J connectivity index is 1.86. The van der Waals surface area contributed by atoms with E-state index in [0.717, 1.165) is 24.1 Å². The smallest absolute Gasteiger partial charge is 0.238 e. The Bertz CT molecular complexity index is 683. The predicted molar refractivity (Wildman–Crippen MR) is 85.9 cm³/mol. The van der Waals surface area contributed by atoms with E-state index in [4.69, 9.17) is 0 Å². The number of hydrogen-bond donors (Lipinski definition) is 0. The highest BCUT2D eigenvalue weighted by Crippen LogP contribution is 2.29. The van der Waals surface area contributed by atoms with Gasteiger partial charge in [0.15, 0.2) is 0 Å². The van der Waals surface area contributed by atoms with E-state index in [1.54, 1.807) is 4.31 Å². The van der Waals surface area contributed by atoms with Gasteiger partial charge < -0.3 is 0 Å². The van der Waals surface area contributed by atoms with Crippen LogP contribution in [-0.4, -0.2) is 20.2 Å². The van der Waals surface area contributed by atoms with Gasteiger partial charge in [0.25, 0.3) is 0 Å². The maximum Gasteiger partial charge on any atom is 0.238 e. The van der Waals surface area contributed by atoms with Gasteiger partial charge in [0.1, 0.15) is 0 Å². The van der Waals surface area contributed by atoms with Gasteiger partial charge in [-0.25, -0.2) is 8.42 Å². The van der Waals surface area contributed by atoms with Crippen molar-refractivity contribution in [2.75, 3.05) is 10.8 Å². The summed E-state index contributed by atoms with van der Waals surface area (Å²) in [6.45, 7) is 0.581. The Morgan fingerprint density at radius 1 is 0.952 bits per heavy atom. The van der Waals surface area contributed by atoms with E-state index in [1.807, 2.05) is 60.7 Å². The summed E-state index contributed by atoms with van der Waals surface area (Å²) >= 11 is 0. The molecule has 3 nitrogen and oxygen atoms in total. The summed E-state index contributed by atoms with van der Waals surface area (Å²) in [5.41, 5.74) is 1.86. The van der Waals surface area contributed by atoms with E-state index in [-0.39, 0.29) is 5.25 Å². The summed E-state index contributed by atoms with van der Waals surface area (Å²) < 4.78 is 27.3. The average molecular weight is 301 g/mol. The second-order valence-corrected chi connectivity index (χ2v) is 7.54. The van der Waals surface area contributed by atoms with Crippen LogP contribution in [0.1, 0.15) is 18.4 Å². The molecule has 1 aliphatic rings. The molecule has 0 spiro atoms. The van der Waals surface area contributed by atoms with Crippen LogP contribution in [0.2, 0.25) is 0 Å². The first-order chi connectivity index (χ1) is 10.2. The van der Waals surface area contributed by atoms with E-state index in [1.165, 1.54) is 0 Å². The number of rotatable bonds is 3. The van der Waals surface area contributed by atoms with Gasteiger partial charge in [-0.2, -0.15) is 0 Å². The molecule has 1 fully saturated rings. The van der Waals surface area contributed by atoms with Crippen molar-refractivity contribution in [1.29, 1.82) is 0 Å². The number of benzene rings is 2. The minimum Gasteiger partial charge on any atom is -0.270 e. The third-order valence-electron chi connectivity index (χ3n) is 3.97. The molecular formula is C17H19NO2S. The quantitative estimate of drug-likeness (QED) is 0.873. The Labute approximate surface area is 126 Å². The van der Waals surface area contributed by atoms with Crippen LogP contribution < -0.4 is 4.31 Å². The summed E-state index contributed by atoms with van der Waals surface area (Å²) in [7, 11) is -3.28. The summed E-state index contributed by atoms with van der Waals surface area (Å²) in [6, 6.07) is 19.3. The first-order valence-electron chi connectivity index (χ1n) is 7.28. The molecule has 21 heavy (non-hydrogen) atoms. The van der Waals surface area contributed by atoms with Crippen molar-refractivity contribution in [3.8, 4) is 0 Å². The van der Waals surface area contributed by atoms with E-state index >= 15 is 0 Å². The summed E-state index contributed by atoms with van der Waals surface area (Å²) in [5.74, 6) is 0. The molecule has 2 aromatic carbocycles. The molecule has 0 saturated carbocycles. The highest BCUT2D eigenvalue weighted by Gasteiger charge is 2.35. The molecule has 4 heteroatoms. The molecule has 0 bridgehead atoms. The molecule has 1 atom stereocenters. The second kappa shape index (κ2) is 5.90. The summed E-state index contributed by atoms with van der Waals surface area (Å²) in [4.78, 5) is 0. The van der Waals surface area contributed by atoms with Gasteiger partial charge in [0.2, 0.25) is 10.0 Å². The van der Waals surface area contributed by atoms with Crippen molar-refractivity contribution in [2.24, 2.45) is 0 Å². The van der Waals surface area contributed by atoms with Gasteiger partial charge in [-0.1, -0.05) is 48.5 Å². The first-order valence-corrected chi connectivity index (χ1v) is 8.79. The van der Waals surface area contributed by atoms with E-state index in [9.17, 15) is 8.42 Å². The van der Waals surface area contributed by atoms with Crippen LogP contribution >= 0.6 is 0 Å². The topological polar surface area (TPSA) is 37.4 Å². The molecule has 3 rings (SSSR count). The lowest BCUT2D eigenvalue weighted by atomic mass is 10.1. The minimum absolute atomic E-state index is 0.325. The minimum atomic E-state index is -3.28. The van der Waals surface area contributed by atoms with Crippen LogP contribution in [0.25, 0.3) is 0 Å². The molecule has 110 valence electrons. The van der Waals surface area contributed by atoms with Gasteiger partial charge in [-0.3, -0.25) is 4.31 Å². The third kappa shape index (κ3) is 2.95. The molecule has 1 heterocycles. The Kier molecular flexibility index (Phi) is 3.97. The van der Waals surface area contributed by atoms with E-state index in [2.05, 4.69) is 0 Å². The number of para-hydroxylation sites is 1. The highest BCUT2D eigenvalue weighted by molar-refractivity contribution is 7.93. The Morgan fingerprint density at radius 3 is 2.24 bits per heavy atom. The maximum atomic E-state index is 12.8. The number of anilines is 1. The summed E-state index contributed by atoms with van der Waals surface area (Å²) in [6.07, 6.45) is 2.23. The highest BCUT2D eigenvalue weighted by atomic mass is 32.2. The largest absolute Gasteiger partial charge is 0.270 e. The average Bonchev–Trinajstić information content (AvgIpc) is 2.51. The zero-order chi connectivity index (χ0) is 14.7. The van der Waals surface area contributed by atoms with Crippen LogP contribution in [-0.2, 0) is 16.4 Å². The Morgan fingerprint density at radius 2 is 1.57 bits per heavy atom. The van der Waals surface area contributed by atoms with Crippen molar-refractivity contribution in [1.82, 2.24) is 0 Å². The van der Waals surface area contributed by atoms with Crippen LogP contribution in [0.15, 0.2) is 60.7 Å². The molecule has 0 aliphatic carbocycles. The molecule has 0 amide bonds. The van der Waals surface area contributed by atoms with Crippen molar-refractivity contribution in [2.45, 2.75) is 24.5 Å². The van der Waals surface area contributed by atoms with Crippen LogP contribution in [0.5, 0.6) is 0 Å². The fourth-order valence-electron chi connectivity index (χ4n) is 2.87. The molecular weight excluding hydrogens is 282 g/mol. The van der Waals surface area contributed by atoms with Crippen LogP contribution in [0.4, 0.5) is 5.69 Å². The fourth-order valence-corrected chi connectivity index (χ4v) is 4.90. The molecule has 2 aromatic rings. The van der Waals surface area contributed by atoms with Gasteiger partial charge in [0, 0.05) is 6.54 Å². The number of nitrogens with zero attached hydrogens (tertiary/aromatic N) is 1. The van der Waals surface area contributed by atoms with Crippen molar-refractivity contribution in [3.63, 3.8) is 0 Å². The van der Waals surface area contributed by atoms with Gasteiger partial charge in [-0.05, 0) is 37.0 Å². The zero-order valence-electron chi connectivity index (χ0n) is 11.9. The molecule has 0 aromatic heterocycles. The lowest BCUT2D eigenvalue weighted by Gasteiger charge is -2.34. The molecule has 0 N–H and O–H groups in total. The predicted octanol–water partition coefficient (Wildman–Crippen LogP) is 3.23. The first kappa shape index (κ1) is 14.1. The monoisotopic (exact) mass is 301 g/mol. The molecule has 1 saturated heterocycles. The lowest BCUT2D eigenvalue weighted by Crippen LogP contribution is -2.44. The fraction of sp³-hybridized carbons (Fsp3) is 0.294. The molecule has 0 radical (unpaired) electrons. The van der Waals surface area contributed by atoms with Crippen molar-refractivity contribution < 1.29 is 8.42 Å². The number of sulfonamides is 1. The van der Waals surface area contributed by atoms with E-state index < -0.39 is 10.0 Å². The van der Waals surface area contributed by atoms with Gasteiger partial charge in [0.05, 0.1) is 10.9 Å². The standard InChI is InChI=1S/C17H19NO2S/c19-21(20)17(14-15-8-3-1-4-9-15)12-7-13-18(21)16-10-5-2-6-11-16/h1-6,8-11,17H,7,12-14H2. The van der Waals surface area contributed by atoms with Gasteiger partial charge in [-0.15, -0.1) is 0 Å². The van der Waals surface area contributed by atoms with Crippen LogP contribution in [0, 0.1) is 0 Å². The second-order valence-electron chi connectivity index (χ2n) is 5.41. The van der Waals surface area contributed by atoms with Crippen molar-refractivity contribution >= 4 is 15.7 Å². The third-order valence-corrected chi connectivity index (χ3v) is 6.22. The van der Waals surface area contributed by atoms with Gasteiger partial charge >= 0.3 is 0 Å². The number of hydrogen-bond acceptors (Lipinski definition) is 2. The maximum absolute atomic E-state index is 12.8. The normalized spacial score (nSPS) is 21.1.